The van der Waals surface area contributed by atoms with Crippen LogP contribution >= 0.6 is 0 Å². The summed E-state index contributed by atoms with van der Waals surface area (Å²) in [5, 5.41) is 48.7. The van der Waals surface area contributed by atoms with Gasteiger partial charge in [0.1, 0.15) is 53.4 Å². The summed E-state index contributed by atoms with van der Waals surface area (Å²) in [7, 11) is 8.13. The Labute approximate surface area is 500 Å². The number of rotatable bonds is 18. The molecule has 85 heavy (non-hydrogen) atoms. The summed E-state index contributed by atoms with van der Waals surface area (Å²) in [6.07, 6.45) is -5.99. The number of hydrogen-bond acceptors (Lipinski definition) is 22. The second kappa shape index (κ2) is 25.9. The molecule has 0 bridgehead atoms. The zero-order valence-corrected chi connectivity index (χ0v) is 51.9. The van der Waals surface area contributed by atoms with E-state index in [1.54, 1.807) is 79.7 Å². The maximum Gasteiger partial charge on any atom is 0.338 e. The van der Waals surface area contributed by atoms with Gasteiger partial charge in [-0.05, 0) is 111 Å². The minimum absolute atomic E-state index is 0.0489. The number of carbonyl (C=O) groups excluding carboxylic acids is 2. The normalized spacial score (nSPS) is 49.2. The van der Waals surface area contributed by atoms with E-state index in [0.29, 0.717) is 56.9 Å². The summed E-state index contributed by atoms with van der Waals surface area (Å²) in [6.45, 7) is 14.5. The minimum atomic E-state index is -2.05. The number of Topliss-reactive ketones (excluding diaryl/α,β-unsaturated/α-hetero) is 1. The molecule has 8 fully saturated rings. The smallest absolute Gasteiger partial charge is 0.338 e. The summed E-state index contributed by atoms with van der Waals surface area (Å²) < 4.78 is 101. The quantitative estimate of drug-likeness (QED) is 0.106. The van der Waals surface area contributed by atoms with Crippen LogP contribution in [0, 0.1) is 16.7 Å². The molecule has 5 heterocycles. The highest BCUT2D eigenvalue weighted by atomic mass is 16.8. The van der Waals surface area contributed by atoms with Crippen LogP contribution < -0.4 is 0 Å². The van der Waals surface area contributed by atoms with Crippen LogP contribution in [-0.2, 0) is 80.6 Å². The number of methoxy groups -OCH3 is 5. The van der Waals surface area contributed by atoms with Gasteiger partial charge >= 0.3 is 5.97 Å². The number of ether oxygens (including phenoxy) is 16. The molecule has 0 amide bonds. The van der Waals surface area contributed by atoms with Gasteiger partial charge in [-0.2, -0.15) is 0 Å². The molecule has 4 N–H and O–H groups in total. The first-order valence-electron chi connectivity index (χ1n) is 30.9. The fourth-order valence-corrected chi connectivity index (χ4v) is 16.5. The molecule has 28 atom stereocenters. The molecule has 9 aliphatic rings. The molecule has 0 unspecified atom stereocenters. The van der Waals surface area contributed by atoms with Crippen LogP contribution in [-0.4, -0.2) is 220 Å². The van der Waals surface area contributed by atoms with Crippen molar-refractivity contribution in [3.63, 3.8) is 0 Å². The second-order valence-electron chi connectivity index (χ2n) is 26.1. The number of carbonyl (C=O) groups is 2. The van der Waals surface area contributed by atoms with Crippen LogP contribution in [0.5, 0.6) is 0 Å². The van der Waals surface area contributed by atoms with Gasteiger partial charge in [0.2, 0.25) is 0 Å². The number of ketones is 1. The van der Waals surface area contributed by atoms with Crippen molar-refractivity contribution in [3.8, 4) is 0 Å². The van der Waals surface area contributed by atoms with Gasteiger partial charge in [-0.25, -0.2) is 4.79 Å². The predicted molar refractivity (Wildman–Crippen MR) is 300 cm³/mol. The Bertz CT molecular complexity index is 2470. The number of fused-ring (bicyclic) bond motifs is 5. The van der Waals surface area contributed by atoms with Crippen LogP contribution in [0.3, 0.4) is 0 Å². The van der Waals surface area contributed by atoms with E-state index in [4.69, 9.17) is 75.8 Å². The lowest BCUT2D eigenvalue weighted by atomic mass is 9.42. The molecule has 3 saturated carbocycles. The molecular weight excluding hydrogens is 1110 g/mol. The largest absolute Gasteiger partial charge is 0.458 e. The van der Waals surface area contributed by atoms with Gasteiger partial charge < -0.3 is 96.2 Å². The van der Waals surface area contributed by atoms with Crippen LogP contribution in [0.4, 0.5) is 0 Å². The molecular formula is C63H96O22. The van der Waals surface area contributed by atoms with Crippen LogP contribution in [0.2, 0.25) is 0 Å². The summed E-state index contributed by atoms with van der Waals surface area (Å²) in [5.74, 6) is -1.76. The molecule has 0 spiro atoms. The molecule has 5 saturated heterocycles. The Kier molecular flexibility index (Phi) is 19.9. The fourth-order valence-electron chi connectivity index (χ4n) is 16.5. The third-order valence-electron chi connectivity index (χ3n) is 21.6. The first-order valence-corrected chi connectivity index (χ1v) is 30.9. The monoisotopic (exact) mass is 1200 g/mol. The fraction of sp³-hybridized carbons (Fsp3) is 0.841. The second-order valence-corrected chi connectivity index (χ2v) is 26.1. The molecule has 480 valence electrons. The summed E-state index contributed by atoms with van der Waals surface area (Å²) in [5.41, 5.74) is -6.73. The molecule has 0 aromatic heterocycles. The molecule has 4 aliphatic carbocycles. The highest BCUT2D eigenvalue weighted by molar-refractivity contribution is 5.90. The Morgan fingerprint density at radius 2 is 0.976 bits per heavy atom. The molecule has 0 radical (unpaired) electrons. The van der Waals surface area contributed by atoms with Crippen molar-refractivity contribution in [2.45, 2.75) is 284 Å². The Morgan fingerprint density at radius 3 is 1.41 bits per heavy atom. The third kappa shape index (κ3) is 11.9. The van der Waals surface area contributed by atoms with E-state index in [-0.39, 0.29) is 37.9 Å². The number of benzene rings is 1. The highest BCUT2D eigenvalue weighted by Crippen LogP contribution is 2.71. The highest BCUT2D eigenvalue weighted by Gasteiger charge is 2.81. The maximum atomic E-state index is 13.8. The van der Waals surface area contributed by atoms with E-state index in [9.17, 15) is 30.0 Å². The topological polar surface area (TPSA) is 263 Å². The minimum Gasteiger partial charge on any atom is -0.458 e. The van der Waals surface area contributed by atoms with Crippen molar-refractivity contribution in [1.82, 2.24) is 0 Å². The average Bonchev–Trinajstić information content (AvgIpc) is 1.61. The van der Waals surface area contributed by atoms with Gasteiger partial charge in [0.15, 0.2) is 37.2 Å². The van der Waals surface area contributed by atoms with Crippen molar-refractivity contribution < 1.29 is 106 Å². The van der Waals surface area contributed by atoms with E-state index in [1.807, 2.05) is 33.8 Å². The van der Waals surface area contributed by atoms with Gasteiger partial charge in [-0.3, -0.25) is 4.79 Å². The van der Waals surface area contributed by atoms with E-state index in [1.165, 1.54) is 6.92 Å². The number of aliphatic hydroxyl groups is 4. The Hall–Kier alpha value is -2.66. The lowest BCUT2D eigenvalue weighted by Gasteiger charge is -2.67. The van der Waals surface area contributed by atoms with Crippen LogP contribution in [0.25, 0.3) is 0 Å². The Morgan fingerprint density at radius 1 is 0.553 bits per heavy atom. The van der Waals surface area contributed by atoms with E-state index >= 15 is 0 Å². The standard InChI is InChI=1S/C63H96O22/c1-32-53(65)41(70-9)26-49(75-32)82-55-34(3)77-51(28-43(55)72-11)84-57-36(5)79-52(30-45(57)74-13)85-56-35(4)78-50(29-44(56)73-12)83-54-33(2)76-48(27-42(54)71-10)80-40-20-21-59(7)39(25-40)19-22-62(68)46(59)31-47(81-58(66)38-17-15-14-16-18-38)60(8)61(67,37(6)64)23-24-63(60,62)69/h14-19,32-36,40-57,65,67-69H,20-31H2,1-13H3/t32-,33-,34-,35-,36-,40+,41+,42+,43-,44+,45-,46-,47-,48+,49+,50+,51+,52+,53-,54-,55-,56-,57-,59+,60-,61-,62+,63-/m1/s1. The SMILES string of the molecule is CO[C@H]1C[C@H](O[C@@H]2[C@@H](C)O[C@@H](O[C@@H]3[C@@H](C)O[C@@H](O[C@H]4[C@@H](OC)C[C@H](O[C@H]5[C@@H](OC)C[C@H](O[C@H]6CC[C@@]7(C)C(=CC[C@]8(O)[C@@H]7C[C@@H](OC(=O)c7ccccc7)[C@@]7(C)[C@]8(O)CC[C@@]7(O)C(C)=O)C6)O[C@@H]5C)O[C@@H]4C)C[C@H]3OC)C[C@H]2OC)O[C@H](C)[C@H]1O. The van der Waals surface area contributed by atoms with E-state index < -0.39 is 168 Å². The van der Waals surface area contributed by atoms with Crippen molar-refractivity contribution in [1.29, 1.82) is 0 Å². The number of esters is 1. The summed E-state index contributed by atoms with van der Waals surface area (Å²) in [6, 6.07) is 8.52. The first-order chi connectivity index (χ1) is 40.4. The molecule has 1 aromatic carbocycles. The third-order valence-corrected chi connectivity index (χ3v) is 21.6. The molecule has 10 rings (SSSR count). The predicted octanol–water partition coefficient (Wildman–Crippen LogP) is 5.37. The van der Waals surface area contributed by atoms with Gasteiger partial charge in [0.05, 0.1) is 78.1 Å². The lowest BCUT2D eigenvalue weighted by Crippen LogP contribution is -2.78. The zero-order valence-electron chi connectivity index (χ0n) is 51.9. The number of aliphatic hydroxyl groups excluding tert-OH is 1. The van der Waals surface area contributed by atoms with Gasteiger partial charge in [0, 0.05) is 73.6 Å². The summed E-state index contributed by atoms with van der Waals surface area (Å²) >= 11 is 0. The van der Waals surface area contributed by atoms with Gasteiger partial charge in [-0.15, -0.1) is 0 Å². The zero-order chi connectivity index (χ0) is 61.1. The van der Waals surface area contributed by atoms with E-state index in [2.05, 4.69) is 6.92 Å². The summed E-state index contributed by atoms with van der Waals surface area (Å²) in [4.78, 5) is 27.1. The molecule has 1 aromatic rings. The van der Waals surface area contributed by atoms with Gasteiger partial charge in [-0.1, -0.05) is 36.8 Å². The van der Waals surface area contributed by atoms with Gasteiger partial charge in [0.25, 0.3) is 0 Å². The van der Waals surface area contributed by atoms with Crippen molar-refractivity contribution in [3.05, 3.63) is 47.5 Å². The van der Waals surface area contributed by atoms with Crippen molar-refractivity contribution >= 4 is 11.8 Å². The molecule has 22 nitrogen and oxygen atoms in total. The maximum absolute atomic E-state index is 13.8. The first kappa shape index (κ1) is 65.3. The van der Waals surface area contributed by atoms with E-state index in [0.717, 1.165) is 5.57 Å². The molecule has 5 aliphatic heterocycles. The Balaban J connectivity index is 0.723. The van der Waals surface area contributed by atoms with Crippen molar-refractivity contribution in [2.75, 3.05) is 35.5 Å². The van der Waals surface area contributed by atoms with Crippen LogP contribution in [0.1, 0.15) is 143 Å². The number of hydrogen-bond donors (Lipinski definition) is 4. The molecule has 22 heteroatoms. The lowest BCUT2D eigenvalue weighted by molar-refractivity contribution is -0.352. The van der Waals surface area contributed by atoms with Crippen molar-refractivity contribution in [2.24, 2.45) is 16.7 Å². The average molecular weight is 1210 g/mol. The van der Waals surface area contributed by atoms with Crippen LogP contribution in [0.15, 0.2) is 42.0 Å².